The van der Waals surface area contributed by atoms with Crippen molar-refractivity contribution in [3.8, 4) is 0 Å². The fourth-order valence-corrected chi connectivity index (χ4v) is 3.01. The van der Waals surface area contributed by atoms with Crippen molar-refractivity contribution in [3.63, 3.8) is 0 Å². The number of aliphatic hydroxyl groups is 1. The van der Waals surface area contributed by atoms with Crippen LogP contribution in [0.4, 0.5) is 5.13 Å². The summed E-state index contributed by atoms with van der Waals surface area (Å²) in [7, 11) is 1.75. The van der Waals surface area contributed by atoms with Gasteiger partial charge >= 0.3 is 0 Å². The van der Waals surface area contributed by atoms with E-state index in [1.165, 1.54) is 11.3 Å². The van der Waals surface area contributed by atoms with Crippen LogP contribution in [0.15, 0.2) is 0 Å². The highest BCUT2D eigenvalue weighted by molar-refractivity contribution is 7.16. The third-order valence-corrected chi connectivity index (χ3v) is 4.35. The molecule has 0 atom stereocenters. The molecule has 0 amide bonds. The molecule has 6 heteroatoms. The van der Waals surface area contributed by atoms with Crippen LogP contribution in [0.25, 0.3) is 0 Å². The van der Waals surface area contributed by atoms with Crippen molar-refractivity contribution in [2.45, 2.75) is 25.6 Å². The van der Waals surface area contributed by atoms with E-state index in [4.69, 9.17) is 21.4 Å². The summed E-state index contributed by atoms with van der Waals surface area (Å²) >= 11 is 7.38. The van der Waals surface area contributed by atoms with Gasteiger partial charge in [0, 0.05) is 20.2 Å². The van der Waals surface area contributed by atoms with Gasteiger partial charge in [-0.1, -0.05) is 22.9 Å². The number of methoxy groups -OCH3 is 1. The Bertz CT molecular complexity index is 351. The predicted octanol–water partition coefficient (Wildman–Crippen LogP) is 1.90. The fourth-order valence-electron chi connectivity index (χ4n) is 1.84. The second kappa shape index (κ2) is 5.31. The SMILES string of the molecule is COC1CCN(c2nc(Cl)c(CO)s2)CC1. The number of aromatic nitrogens is 1. The lowest BCUT2D eigenvalue weighted by Gasteiger charge is -2.30. The molecule has 0 saturated carbocycles. The number of aliphatic hydroxyl groups excluding tert-OH is 1. The minimum atomic E-state index is -0.0367. The quantitative estimate of drug-likeness (QED) is 0.904. The van der Waals surface area contributed by atoms with E-state index in [1.807, 2.05) is 0 Å². The van der Waals surface area contributed by atoms with Gasteiger partial charge in [0.05, 0.1) is 17.6 Å². The van der Waals surface area contributed by atoms with Gasteiger partial charge in [0.1, 0.15) is 5.15 Å². The molecule has 0 unspecified atom stereocenters. The van der Waals surface area contributed by atoms with Gasteiger partial charge < -0.3 is 14.7 Å². The zero-order chi connectivity index (χ0) is 11.5. The van der Waals surface area contributed by atoms with Gasteiger partial charge in [-0.25, -0.2) is 4.98 Å². The molecular formula is C10H15ClN2O2S. The third-order valence-electron chi connectivity index (χ3n) is 2.83. The molecule has 2 heterocycles. The number of hydrogen-bond donors (Lipinski definition) is 1. The molecule has 16 heavy (non-hydrogen) atoms. The van der Waals surface area contributed by atoms with E-state index in [0.717, 1.165) is 35.9 Å². The highest BCUT2D eigenvalue weighted by Gasteiger charge is 2.22. The maximum absolute atomic E-state index is 9.06. The predicted molar refractivity (Wildman–Crippen MR) is 65.3 cm³/mol. The molecule has 0 aliphatic carbocycles. The summed E-state index contributed by atoms with van der Waals surface area (Å²) in [6.45, 7) is 1.84. The van der Waals surface area contributed by atoms with Crippen molar-refractivity contribution in [2.75, 3.05) is 25.1 Å². The monoisotopic (exact) mass is 262 g/mol. The van der Waals surface area contributed by atoms with Gasteiger partial charge in [0.25, 0.3) is 0 Å². The van der Waals surface area contributed by atoms with Crippen molar-refractivity contribution in [1.29, 1.82) is 0 Å². The van der Waals surface area contributed by atoms with E-state index in [9.17, 15) is 0 Å². The topological polar surface area (TPSA) is 45.6 Å². The van der Waals surface area contributed by atoms with Crippen LogP contribution in [-0.2, 0) is 11.3 Å². The number of halogens is 1. The number of thiazole rings is 1. The van der Waals surface area contributed by atoms with Crippen molar-refractivity contribution >= 4 is 28.1 Å². The first-order valence-electron chi connectivity index (χ1n) is 5.28. The lowest BCUT2D eigenvalue weighted by atomic mass is 10.1. The second-order valence-electron chi connectivity index (χ2n) is 3.79. The first kappa shape index (κ1) is 12.1. The molecule has 1 aromatic rings. The standard InChI is InChI=1S/C10H15ClN2O2S/c1-15-7-2-4-13(5-3-7)10-12-9(11)8(6-14)16-10/h7,14H,2-6H2,1H3. The zero-order valence-electron chi connectivity index (χ0n) is 9.15. The number of hydrogen-bond acceptors (Lipinski definition) is 5. The van der Waals surface area contributed by atoms with Gasteiger partial charge in [-0.3, -0.25) is 0 Å². The Morgan fingerprint density at radius 2 is 2.25 bits per heavy atom. The molecule has 1 fully saturated rings. The summed E-state index contributed by atoms with van der Waals surface area (Å²) in [6.07, 6.45) is 2.40. The molecule has 90 valence electrons. The number of nitrogens with zero attached hydrogens (tertiary/aromatic N) is 2. The average Bonchev–Trinajstić information content (AvgIpc) is 2.71. The Morgan fingerprint density at radius 3 is 2.75 bits per heavy atom. The third kappa shape index (κ3) is 2.48. The molecule has 2 rings (SSSR count). The van der Waals surface area contributed by atoms with E-state index < -0.39 is 0 Å². The number of ether oxygens (including phenoxy) is 1. The molecule has 1 N–H and O–H groups in total. The van der Waals surface area contributed by atoms with Crippen molar-refractivity contribution in [1.82, 2.24) is 4.98 Å². The lowest BCUT2D eigenvalue weighted by molar-refractivity contribution is 0.0819. The highest BCUT2D eigenvalue weighted by Crippen LogP contribution is 2.31. The molecular weight excluding hydrogens is 248 g/mol. The molecule has 0 spiro atoms. The summed E-state index contributed by atoms with van der Waals surface area (Å²) in [5, 5.41) is 10.4. The molecule has 1 aliphatic heterocycles. The van der Waals surface area contributed by atoms with Crippen molar-refractivity contribution in [2.24, 2.45) is 0 Å². The van der Waals surface area contributed by atoms with Crippen LogP contribution in [-0.4, -0.2) is 36.4 Å². The van der Waals surface area contributed by atoms with Gasteiger partial charge in [-0.15, -0.1) is 0 Å². The van der Waals surface area contributed by atoms with Crippen LogP contribution in [0.1, 0.15) is 17.7 Å². The Morgan fingerprint density at radius 1 is 1.56 bits per heavy atom. The Labute approximate surface area is 104 Å². The van der Waals surface area contributed by atoms with Crippen LogP contribution >= 0.6 is 22.9 Å². The second-order valence-corrected chi connectivity index (χ2v) is 5.21. The van der Waals surface area contributed by atoms with Crippen LogP contribution in [0.5, 0.6) is 0 Å². The molecule has 0 radical (unpaired) electrons. The maximum Gasteiger partial charge on any atom is 0.187 e. The number of anilines is 1. The van der Waals surface area contributed by atoms with Gasteiger partial charge in [0.15, 0.2) is 5.13 Å². The maximum atomic E-state index is 9.06. The smallest absolute Gasteiger partial charge is 0.187 e. The Balaban J connectivity index is 2.02. The zero-order valence-corrected chi connectivity index (χ0v) is 10.7. The van der Waals surface area contributed by atoms with Crippen molar-refractivity contribution < 1.29 is 9.84 Å². The minimum absolute atomic E-state index is 0.0367. The molecule has 1 aliphatic rings. The summed E-state index contributed by atoms with van der Waals surface area (Å²) in [5.41, 5.74) is 0. The van der Waals surface area contributed by atoms with E-state index in [2.05, 4.69) is 9.88 Å². The first-order valence-corrected chi connectivity index (χ1v) is 6.48. The average molecular weight is 263 g/mol. The Kier molecular flexibility index (Phi) is 4.02. The molecule has 1 saturated heterocycles. The fraction of sp³-hybridized carbons (Fsp3) is 0.700. The molecule has 0 aromatic carbocycles. The number of rotatable bonds is 3. The molecule has 4 nitrogen and oxygen atoms in total. The summed E-state index contributed by atoms with van der Waals surface area (Å²) < 4.78 is 5.32. The van der Waals surface area contributed by atoms with Crippen LogP contribution in [0.2, 0.25) is 5.15 Å². The van der Waals surface area contributed by atoms with Crippen LogP contribution in [0, 0.1) is 0 Å². The lowest BCUT2D eigenvalue weighted by Crippen LogP contribution is -2.36. The summed E-state index contributed by atoms with van der Waals surface area (Å²) in [4.78, 5) is 7.21. The van der Waals surface area contributed by atoms with E-state index in [-0.39, 0.29) is 6.61 Å². The van der Waals surface area contributed by atoms with E-state index in [1.54, 1.807) is 7.11 Å². The minimum Gasteiger partial charge on any atom is -0.391 e. The van der Waals surface area contributed by atoms with Gasteiger partial charge in [0.2, 0.25) is 0 Å². The van der Waals surface area contributed by atoms with Crippen molar-refractivity contribution in [3.05, 3.63) is 10.0 Å². The van der Waals surface area contributed by atoms with E-state index >= 15 is 0 Å². The van der Waals surface area contributed by atoms with E-state index in [0.29, 0.717) is 11.3 Å². The summed E-state index contributed by atoms with van der Waals surface area (Å²) in [5.74, 6) is 0. The molecule has 1 aromatic heterocycles. The van der Waals surface area contributed by atoms with Crippen LogP contribution in [0.3, 0.4) is 0 Å². The van der Waals surface area contributed by atoms with Crippen LogP contribution < -0.4 is 4.90 Å². The largest absolute Gasteiger partial charge is 0.391 e. The Hall–Kier alpha value is -0.360. The van der Waals surface area contributed by atoms with Gasteiger partial charge in [-0.2, -0.15) is 0 Å². The first-order chi connectivity index (χ1) is 7.74. The summed E-state index contributed by atoms with van der Waals surface area (Å²) in [6, 6.07) is 0. The van der Waals surface area contributed by atoms with Gasteiger partial charge in [-0.05, 0) is 12.8 Å². The molecule has 0 bridgehead atoms. The highest BCUT2D eigenvalue weighted by atomic mass is 35.5. The normalized spacial score (nSPS) is 18.1. The number of piperidine rings is 1.